The molecule has 1 amide bonds. The van der Waals surface area contributed by atoms with Crippen LogP contribution >= 0.6 is 0 Å². The highest BCUT2D eigenvalue weighted by Gasteiger charge is 2.36. The lowest BCUT2D eigenvalue weighted by Crippen LogP contribution is -2.43. The van der Waals surface area contributed by atoms with E-state index in [4.69, 9.17) is 0 Å². The number of benzene rings is 1. The zero-order valence-electron chi connectivity index (χ0n) is 11.0. The van der Waals surface area contributed by atoms with Crippen LogP contribution in [0.25, 0.3) is 0 Å². The van der Waals surface area contributed by atoms with E-state index in [1.165, 1.54) is 16.7 Å². The molecular formula is C15H21NO. The summed E-state index contributed by atoms with van der Waals surface area (Å²) in [5.41, 5.74) is 3.98. The van der Waals surface area contributed by atoms with Gasteiger partial charge in [-0.15, -0.1) is 0 Å². The van der Waals surface area contributed by atoms with Gasteiger partial charge >= 0.3 is 0 Å². The summed E-state index contributed by atoms with van der Waals surface area (Å²) >= 11 is 0. The van der Waals surface area contributed by atoms with Crippen LogP contribution in [-0.2, 0) is 11.2 Å². The van der Waals surface area contributed by atoms with Gasteiger partial charge in [0.15, 0.2) is 0 Å². The van der Waals surface area contributed by atoms with Crippen molar-refractivity contribution in [2.45, 2.75) is 52.0 Å². The average molecular weight is 231 g/mol. The molecular weight excluding hydrogens is 210 g/mol. The van der Waals surface area contributed by atoms with Crippen LogP contribution < -0.4 is 5.32 Å². The van der Waals surface area contributed by atoms with Gasteiger partial charge in [0, 0.05) is 12.0 Å². The molecule has 0 aromatic heterocycles. The largest absolute Gasteiger partial charge is 0.350 e. The Balaban J connectivity index is 2.24. The average Bonchev–Trinajstić information content (AvgIpc) is 2.66. The molecule has 2 nitrogen and oxygen atoms in total. The highest BCUT2D eigenvalue weighted by molar-refractivity contribution is 5.79. The standard InChI is InChI=1S/C15H21NO/c1-4-15(8-7-14(17)16-15)10-13-9-11(2)5-6-12(13)3/h5-6,9H,4,7-8,10H2,1-3H3,(H,16,17). The van der Waals surface area contributed by atoms with Crippen LogP contribution in [0.3, 0.4) is 0 Å². The van der Waals surface area contributed by atoms with Gasteiger partial charge < -0.3 is 5.32 Å². The van der Waals surface area contributed by atoms with E-state index in [1.54, 1.807) is 0 Å². The minimum absolute atomic E-state index is 0.00433. The quantitative estimate of drug-likeness (QED) is 0.851. The maximum Gasteiger partial charge on any atom is 0.220 e. The number of carbonyl (C=O) groups excluding carboxylic acids is 1. The summed E-state index contributed by atoms with van der Waals surface area (Å²) in [6.45, 7) is 6.43. The van der Waals surface area contributed by atoms with Crippen molar-refractivity contribution < 1.29 is 4.79 Å². The molecule has 1 aromatic carbocycles. The molecule has 17 heavy (non-hydrogen) atoms. The maximum absolute atomic E-state index is 11.4. The summed E-state index contributed by atoms with van der Waals surface area (Å²) < 4.78 is 0. The van der Waals surface area contributed by atoms with Crippen molar-refractivity contribution in [1.82, 2.24) is 5.32 Å². The van der Waals surface area contributed by atoms with Crippen LogP contribution in [0.5, 0.6) is 0 Å². The molecule has 0 bridgehead atoms. The van der Waals surface area contributed by atoms with Gasteiger partial charge in [-0.25, -0.2) is 0 Å². The second kappa shape index (κ2) is 4.52. The molecule has 2 rings (SSSR count). The third kappa shape index (κ3) is 2.51. The Kier molecular flexibility index (Phi) is 3.23. The topological polar surface area (TPSA) is 29.1 Å². The molecule has 92 valence electrons. The molecule has 0 radical (unpaired) electrons. The molecule has 1 atom stereocenters. The normalized spacial score (nSPS) is 23.8. The van der Waals surface area contributed by atoms with Gasteiger partial charge in [0.05, 0.1) is 0 Å². The Bertz CT molecular complexity index is 439. The molecule has 1 fully saturated rings. The van der Waals surface area contributed by atoms with E-state index in [-0.39, 0.29) is 11.4 Å². The molecule has 0 aliphatic carbocycles. The van der Waals surface area contributed by atoms with Crippen LogP contribution in [-0.4, -0.2) is 11.4 Å². The second-order valence-corrected chi connectivity index (χ2v) is 5.29. The van der Waals surface area contributed by atoms with E-state index in [1.807, 2.05) is 0 Å². The van der Waals surface area contributed by atoms with E-state index in [0.29, 0.717) is 6.42 Å². The molecule has 1 aliphatic rings. The summed E-state index contributed by atoms with van der Waals surface area (Å²) in [4.78, 5) is 11.4. The first-order valence-electron chi connectivity index (χ1n) is 6.42. The zero-order valence-corrected chi connectivity index (χ0v) is 11.0. The van der Waals surface area contributed by atoms with Gasteiger partial charge in [-0.05, 0) is 44.2 Å². The molecule has 1 heterocycles. The van der Waals surface area contributed by atoms with Crippen molar-refractivity contribution in [3.8, 4) is 0 Å². The van der Waals surface area contributed by atoms with Crippen molar-refractivity contribution in [1.29, 1.82) is 0 Å². The number of rotatable bonds is 3. The molecule has 0 spiro atoms. The van der Waals surface area contributed by atoms with Crippen LogP contribution in [0, 0.1) is 13.8 Å². The SMILES string of the molecule is CCC1(Cc2cc(C)ccc2C)CCC(=O)N1. The lowest BCUT2D eigenvalue weighted by atomic mass is 9.85. The number of hydrogen-bond donors (Lipinski definition) is 1. The van der Waals surface area contributed by atoms with Gasteiger partial charge in [0.2, 0.25) is 5.91 Å². The van der Waals surface area contributed by atoms with Gasteiger partial charge in [0.25, 0.3) is 0 Å². The Hall–Kier alpha value is -1.31. The first kappa shape index (κ1) is 12.2. The Labute approximate surface area is 103 Å². The van der Waals surface area contributed by atoms with Crippen molar-refractivity contribution in [2.75, 3.05) is 0 Å². The molecule has 1 aromatic rings. The summed E-state index contributed by atoms with van der Waals surface area (Å²) in [6, 6.07) is 6.56. The lowest BCUT2D eigenvalue weighted by Gasteiger charge is -2.28. The zero-order chi connectivity index (χ0) is 12.5. The molecule has 1 aliphatic heterocycles. The van der Waals surface area contributed by atoms with Crippen molar-refractivity contribution in [3.63, 3.8) is 0 Å². The summed E-state index contributed by atoms with van der Waals surface area (Å²) in [5, 5.41) is 3.17. The summed E-state index contributed by atoms with van der Waals surface area (Å²) in [7, 11) is 0. The third-order valence-corrected chi connectivity index (χ3v) is 3.95. The number of nitrogens with one attached hydrogen (secondary N) is 1. The third-order valence-electron chi connectivity index (χ3n) is 3.95. The van der Waals surface area contributed by atoms with Gasteiger partial charge in [0.1, 0.15) is 0 Å². The predicted octanol–water partition coefficient (Wildman–Crippen LogP) is 2.90. The van der Waals surface area contributed by atoms with Crippen LogP contribution in [0.2, 0.25) is 0 Å². The molecule has 1 N–H and O–H groups in total. The Morgan fingerprint density at radius 3 is 2.71 bits per heavy atom. The van der Waals surface area contributed by atoms with Crippen LogP contribution in [0.4, 0.5) is 0 Å². The number of hydrogen-bond acceptors (Lipinski definition) is 1. The van der Waals surface area contributed by atoms with Crippen LogP contribution in [0.15, 0.2) is 18.2 Å². The van der Waals surface area contributed by atoms with Crippen LogP contribution in [0.1, 0.15) is 42.9 Å². The highest BCUT2D eigenvalue weighted by Crippen LogP contribution is 2.29. The number of carbonyl (C=O) groups is 1. The fourth-order valence-electron chi connectivity index (χ4n) is 2.65. The highest BCUT2D eigenvalue weighted by atomic mass is 16.2. The number of aryl methyl sites for hydroxylation is 2. The molecule has 0 saturated carbocycles. The molecule has 1 unspecified atom stereocenters. The van der Waals surface area contributed by atoms with E-state index in [9.17, 15) is 4.79 Å². The first-order chi connectivity index (χ1) is 8.04. The Morgan fingerprint density at radius 2 is 2.12 bits per heavy atom. The fourth-order valence-corrected chi connectivity index (χ4v) is 2.65. The predicted molar refractivity (Wildman–Crippen MR) is 70.0 cm³/mol. The van der Waals surface area contributed by atoms with Crippen molar-refractivity contribution in [3.05, 3.63) is 34.9 Å². The van der Waals surface area contributed by atoms with Gasteiger partial charge in [-0.3, -0.25) is 4.79 Å². The summed E-state index contributed by atoms with van der Waals surface area (Å²) in [5.74, 6) is 0.206. The minimum atomic E-state index is -0.00433. The summed E-state index contributed by atoms with van der Waals surface area (Å²) in [6.07, 6.45) is 3.61. The fraction of sp³-hybridized carbons (Fsp3) is 0.533. The maximum atomic E-state index is 11.4. The first-order valence-corrected chi connectivity index (χ1v) is 6.42. The second-order valence-electron chi connectivity index (χ2n) is 5.29. The monoisotopic (exact) mass is 231 g/mol. The smallest absolute Gasteiger partial charge is 0.220 e. The lowest BCUT2D eigenvalue weighted by molar-refractivity contribution is -0.119. The molecule has 1 saturated heterocycles. The van der Waals surface area contributed by atoms with Crippen molar-refractivity contribution in [2.24, 2.45) is 0 Å². The van der Waals surface area contributed by atoms with E-state index >= 15 is 0 Å². The van der Waals surface area contributed by atoms with Crippen molar-refractivity contribution >= 4 is 5.91 Å². The molecule has 2 heteroatoms. The van der Waals surface area contributed by atoms with E-state index in [0.717, 1.165) is 19.3 Å². The van der Waals surface area contributed by atoms with Gasteiger partial charge in [-0.1, -0.05) is 30.7 Å². The Morgan fingerprint density at radius 1 is 1.35 bits per heavy atom. The number of amides is 1. The van der Waals surface area contributed by atoms with E-state index < -0.39 is 0 Å². The van der Waals surface area contributed by atoms with Gasteiger partial charge in [-0.2, -0.15) is 0 Å². The minimum Gasteiger partial charge on any atom is -0.350 e. The van der Waals surface area contributed by atoms with E-state index in [2.05, 4.69) is 44.3 Å².